The van der Waals surface area contributed by atoms with E-state index in [0.717, 1.165) is 5.56 Å². The van der Waals surface area contributed by atoms with Gasteiger partial charge in [-0.25, -0.2) is 0 Å². The van der Waals surface area contributed by atoms with Crippen LogP contribution in [0.4, 0.5) is 0 Å². The molecule has 0 bridgehead atoms. The number of carbonyl (C=O) groups excluding carboxylic acids is 1. The second-order valence-corrected chi connectivity index (χ2v) is 4.16. The van der Waals surface area contributed by atoms with Crippen LogP contribution >= 0.6 is 11.6 Å². The lowest BCUT2D eigenvalue weighted by Crippen LogP contribution is -2.16. The van der Waals surface area contributed by atoms with Crippen LogP contribution in [0, 0.1) is 0 Å². The van der Waals surface area contributed by atoms with Gasteiger partial charge in [0.25, 0.3) is 5.91 Å². The molecule has 18 heavy (non-hydrogen) atoms. The zero-order valence-corrected chi connectivity index (χ0v) is 10.4. The number of amides is 1. The first-order valence-electron chi connectivity index (χ1n) is 5.54. The number of halogens is 1. The van der Waals surface area contributed by atoms with Crippen LogP contribution in [0.5, 0.6) is 0 Å². The Morgan fingerprint density at radius 3 is 2.33 bits per heavy atom. The van der Waals surface area contributed by atoms with Gasteiger partial charge >= 0.3 is 0 Å². The molecule has 2 rings (SSSR count). The van der Waals surface area contributed by atoms with Crippen molar-refractivity contribution < 1.29 is 4.79 Å². The van der Waals surface area contributed by atoms with Gasteiger partial charge in [-0.2, -0.15) is 0 Å². The van der Waals surface area contributed by atoms with Crippen LogP contribution < -0.4 is 5.32 Å². The van der Waals surface area contributed by atoms with Crippen molar-refractivity contribution in [1.82, 2.24) is 5.32 Å². The lowest BCUT2D eigenvalue weighted by Gasteiger charge is -2.00. The second-order valence-electron chi connectivity index (χ2n) is 3.72. The van der Waals surface area contributed by atoms with Crippen LogP contribution in [0.1, 0.15) is 15.9 Å². The predicted molar refractivity (Wildman–Crippen MR) is 74.4 cm³/mol. The van der Waals surface area contributed by atoms with E-state index in [0.29, 0.717) is 10.6 Å². The van der Waals surface area contributed by atoms with Crippen molar-refractivity contribution >= 4 is 23.6 Å². The Hall–Kier alpha value is -2.06. The number of rotatable bonds is 3. The Kier molecular flexibility index (Phi) is 4.15. The normalized spacial score (nSPS) is 10.5. The Morgan fingerprint density at radius 2 is 1.67 bits per heavy atom. The van der Waals surface area contributed by atoms with E-state index >= 15 is 0 Å². The van der Waals surface area contributed by atoms with Gasteiger partial charge in [-0.1, -0.05) is 41.9 Å². The number of benzene rings is 2. The van der Waals surface area contributed by atoms with E-state index in [1.807, 2.05) is 36.4 Å². The average molecular weight is 258 g/mol. The highest BCUT2D eigenvalue weighted by atomic mass is 35.5. The van der Waals surface area contributed by atoms with Crippen molar-refractivity contribution in [3.05, 3.63) is 76.9 Å². The Labute approximate surface area is 111 Å². The molecule has 0 saturated carbocycles. The van der Waals surface area contributed by atoms with E-state index in [-0.39, 0.29) is 5.91 Å². The summed E-state index contributed by atoms with van der Waals surface area (Å²) in [4.78, 5) is 11.7. The molecule has 0 aromatic heterocycles. The van der Waals surface area contributed by atoms with Crippen molar-refractivity contribution in [3.63, 3.8) is 0 Å². The summed E-state index contributed by atoms with van der Waals surface area (Å²) < 4.78 is 0. The second kappa shape index (κ2) is 6.03. The standard InChI is InChI=1S/C15H12ClNO/c16-14-8-6-13(7-9-14)15(18)17-11-10-12-4-2-1-3-5-12/h1-11H,(H,17,18)/b11-10-. The highest BCUT2D eigenvalue weighted by Crippen LogP contribution is 2.09. The molecule has 0 heterocycles. The van der Waals surface area contributed by atoms with Gasteiger partial charge in [-0.05, 0) is 35.9 Å². The maximum absolute atomic E-state index is 11.7. The Morgan fingerprint density at radius 1 is 1.00 bits per heavy atom. The van der Waals surface area contributed by atoms with Crippen molar-refractivity contribution in [2.45, 2.75) is 0 Å². The largest absolute Gasteiger partial charge is 0.329 e. The molecule has 2 nitrogen and oxygen atoms in total. The van der Waals surface area contributed by atoms with Crippen LogP contribution in [-0.4, -0.2) is 5.91 Å². The van der Waals surface area contributed by atoms with Gasteiger partial charge in [0.1, 0.15) is 0 Å². The van der Waals surface area contributed by atoms with E-state index in [2.05, 4.69) is 5.32 Å². The smallest absolute Gasteiger partial charge is 0.255 e. The quantitative estimate of drug-likeness (QED) is 0.892. The number of hydrogen-bond donors (Lipinski definition) is 1. The summed E-state index contributed by atoms with van der Waals surface area (Å²) in [5, 5.41) is 3.32. The minimum Gasteiger partial charge on any atom is -0.329 e. The molecule has 0 aliphatic rings. The molecule has 0 saturated heterocycles. The molecule has 0 atom stereocenters. The lowest BCUT2D eigenvalue weighted by atomic mass is 10.2. The third-order valence-corrected chi connectivity index (χ3v) is 2.65. The molecule has 0 unspecified atom stereocenters. The molecule has 0 fully saturated rings. The molecule has 0 aliphatic heterocycles. The summed E-state index contributed by atoms with van der Waals surface area (Å²) in [7, 11) is 0. The maximum atomic E-state index is 11.7. The van der Waals surface area contributed by atoms with Gasteiger partial charge in [0.05, 0.1) is 0 Å². The third kappa shape index (κ3) is 3.47. The van der Waals surface area contributed by atoms with Gasteiger partial charge in [0, 0.05) is 16.8 Å². The van der Waals surface area contributed by atoms with Crippen LogP contribution in [-0.2, 0) is 0 Å². The maximum Gasteiger partial charge on any atom is 0.255 e. The monoisotopic (exact) mass is 257 g/mol. The predicted octanol–water partition coefficient (Wildman–Crippen LogP) is 3.74. The van der Waals surface area contributed by atoms with Gasteiger partial charge in [0.15, 0.2) is 0 Å². The van der Waals surface area contributed by atoms with E-state index in [1.165, 1.54) is 0 Å². The Bertz CT molecular complexity index is 546. The summed E-state index contributed by atoms with van der Waals surface area (Å²) in [6, 6.07) is 16.5. The Balaban J connectivity index is 1.96. The van der Waals surface area contributed by atoms with Crippen molar-refractivity contribution in [1.29, 1.82) is 0 Å². The molecule has 1 N–H and O–H groups in total. The molecule has 2 aromatic rings. The minimum atomic E-state index is -0.154. The summed E-state index contributed by atoms with van der Waals surface area (Å²) in [5.41, 5.74) is 1.62. The van der Waals surface area contributed by atoms with E-state index in [9.17, 15) is 4.79 Å². The third-order valence-electron chi connectivity index (χ3n) is 2.40. The topological polar surface area (TPSA) is 29.1 Å². The molecule has 3 heteroatoms. The zero-order valence-electron chi connectivity index (χ0n) is 9.64. The molecule has 0 radical (unpaired) electrons. The lowest BCUT2D eigenvalue weighted by molar-refractivity contribution is 0.0970. The first-order chi connectivity index (χ1) is 8.75. The van der Waals surface area contributed by atoms with Crippen LogP contribution in [0.15, 0.2) is 60.8 Å². The highest BCUT2D eigenvalue weighted by Gasteiger charge is 2.01. The number of carbonyl (C=O) groups is 1. The first kappa shape index (κ1) is 12.4. The van der Waals surface area contributed by atoms with Gasteiger partial charge in [-0.15, -0.1) is 0 Å². The molecular weight excluding hydrogens is 246 g/mol. The van der Waals surface area contributed by atoms with Crippen LogP contribution in [0.25, 0.3) is 6.08 Å². The highest BCUT2D eigenvalue weighted by molar-refractivity contribution is 6.30. The zero-order chi connectivity index (χ0) is 12.8. The average Bonchev–Trinajstić information content (AvgIpc) is 2.40. The summed E-state index contributed by atoms with van der Waals surface area (Å²) in [6.07, 6.45) is 3.47. The summed E-state index contributed by atoms with van der Waals surface area (Å²) in [5.74, 6) is -0.154. The van der Waals surface area contributed by atoms with Crippen LogP contribution in [0.3, 0.4) is 0 Å². The SMILES string of the molecule is O=C(N/C=C\c1ccccc1)c1ccc(Cl)cc1. The fourth-order valence-electron chi connectivity index (χ4n) is 1.46. The van der Waals surface area contributed by atoms with E-state index in [1.54, 1.807) is 30.5 Å². The molecule has 0 aliphatic carbocycles. The number of hydrogen-bond acceptors (Lipinski definition) is 1. The molecular formula is C15H12ClNO. The van der Waals surface area contributed by atoms with Crippen molar-refractivity contribution in [3.8, 4) is 0 Å². The van der Waals surface area contributed by atoms with E-state index < -0.39 is 0 Å². The van der Waals surface area contributed by atoms with Gasteiger partial charge in [-0.3, -0.25) is 4.79 Å². The first-order valence-corrected chi connectivity index (χ1v) is 5.91. The molecule has 90 valence electrons. The van der Waals surface area contributed by atoms with Gasteiger partial charge in [0.2, 0.25) is 0 Å². The van der Waals surface area contributed by atoms with Gasteiger partial charge < -0.3 is 5.32 Å². The molecule has 2 aromatic carbocycles. The fraction of sp³-hybridized carbons (Fsp3) is 0. The summed E-state index contributed by atoms with van der Waals surface area (Å²) >= 11 is 5.76. The number of nitrogens with one attached hydrogen (secondary N) is 1. The molecule has 1 amide bonds. The summed E-state index contributed by atoms with van der Waals surface area (Å²) in [6.45, 7) is 0. The fourth-order valence-corrected chi connectivity index (χ4v) is 1.59. The minimum absolute atomic E-state index is 0.154. The van der Waals surface area contributed by atoms with Crippen LogP contribution in [0.2, 0.25) is 5.02 Å². The van der Waals surface area contributed by atoms with Crippen molar-refractivity contribution in [2.75, 3.05) is 0 Å². The van der Waals surface area contributed by atoms with Crippen molar-refractivity contribution in [2.24, 2.45) is 0 Å². The molecule has 0 spiro atoms. The van der Waals surface area contributed by atoms with E-state index in [4.69, 9.17) is 11.6 Å².